The van der Waals surface area contributed by atoms with Gasteiger partial charge in [0, 0.05) is 18.4 Å². The average Bonchev–Trinajstić information content (AvgIpc) is 2.56. The van der Waals surface area contributed by atoms with Gasteiger partial charge in [-0.05, 0) is 73.4 Å². The summed E-state index contributed by atoms with van der Waals surface area (Å²) in [5.41, 5.74) is 4.65. The maximum atomic E-state index is 12.5. The number of aliphatic hydroxyl groups is 1. The molecule has 0 spiro atoms. The number of aromatic nitrogens is 1. The van der Waals surface area contributed by atoms with E-state index in [1.807, 2.05) is 18.2 Å². The molecule has 4 nitrogen and oxygen atoms in total. The van der Waals surface area contributed by atoms with Gasteiger partial charge < -0.3 is 10.4 Å². The number of amides is 1. The quantitative estimate of drug-likeness (QED) is 0.851. The first-order valence-electron chi connectivity index (χ1n) is 8.93. The topological polar surface area (TPSA) is 62.2 Å². The number of hydrogen-bond donors (Lipinski definition) is 2. The summed E-state index contributed by atoms with van der Waals surface area (Å²) in [6.45, 7) is 4.14. The molecule has 1 aromatic carbocycles. The summed E-state index contributed by atoms with van der Waals surface area (Å²) in [4.78, 5) is 16.6. The number of aliphatic hydroxyl groups excluding tert-OH is 1. The minimum atomic E-state index is -0.221. The highest BCUT2D eigenvalue weighted by molar-refractivity contribution is 5.79. The molecule has 1 atom stereocenters. The molecule has 1 aliphatic rings. The fraction of sp³-hybridized carbons (Fsp3) is 0.429. The molecule has 0 radical (unpaired) electrons. The Morgan fingerprint density at radius 3 is 2.52 bits per heavy atom. The molecule has 2 aromatic rings. The predicted octanol–water partition coefficient (Wildman–Crippen LogP) is 2.74. The lowest BCUT2D eigenvalue weighted by atomic mass is 9.75. The van der Waals surface area contributed by atoms with E-state index < -0.39 is 0 Å². The molecule has 3 rings (SSSR count). The molecule has 132 valence electrons. The van der Waals surface area contributed by atoms with E-state index >= 15 is 0 Å². The van der Waals surface area contributed by atoms with Crippen molar-refractivity contribution in [3.8, 4) is 0 Å². The third kappa shape index (κ3) is 4.67. The number of carbonyl (C=O) groups is 1. The molecule has 2 N–H and O–H groups in total. The van der Waals surface area contributed by atoms with Crippen LogP contribution in [0.4, 0.5) is 0 Å². The number of carbonyl (C=O) groups excluding carboxylic acids is 1. The maximum Gasteiger partial charge on any atom is 0.224 e. The van der Waals surface area contributed by atoms with E-state index in [1.165, 1.54) is 11.1 Å². The Bertz CT molecular complexity index is 724. The fourth-order valence-corrected chi connectivity index (χ4v) is 3.42. The monoisotopic (exact) mass is 338 g/mol. The van der Waals surface area contributed by atoms with Gasteiger partial charge in [-0.3, -0.25) is 9.78 Å². The number of pyridine rings is 1. The van der Waals surface area contributed by atoms with Crippen molar-refractivity contribution in [2.24, 2.45) is 5.92 Å². The number of aryl methyl sites for hydroxylation is 2. The number of rotatable bonds is 6. The van der Waals surface area contributed by atoms with Crippen molar-refractivity contribution < 1.29 is 9.90 Å². The van der Waals surface area contributed by atoms with E-state index in [2.05, 4.69) is 36.3 Å². The fourth-order valence-electron chi connectivity index (χ4n) is 3.42. The van der Waals surface area contributed by atoms with Crippen LogP contribution in [-0.4, -0.2) is 28.1 Å². The predicted molar refractivity (Wildman–Crippen MR) is 98.2 cm³/mol. The molecule has 4 heteroatoms. The van der Waals surface area contributed by atoms with E-state index in [-0.39, 0.29) is 18.1 Å². The van der Waals surface area contributed by atoms with Crippen LogP contribution in [0.5, 0.6) is 0 Å². The smallest absolute Gasteiger partial charge is 0.224 e. The second-order valence-corrected chi connectivity index (χ2v) is 7.21. The normalized spacial score (nSPS) is 20.6. The molecule has 0 bridgehead atoms. The second kappa shape index (κ2) is 7.79. The summed E-state index contributed by atoms with van der Waals surface area (Å²) < 4.78 is 0. The zero-order valence-corrected chi connectivity index (χ0v) is 14.9. The molecule has 0 unspecified atom stereocenters. The minimum absolute atomic E-state index is 0.0451. The molecule has 0 aliphatic heterocycles. The van der Waals surface area contributed by atoms with Crippen LogP contribution >= 0.6 is 0 Å². The lowest BCUT2D eigenvalue weighted by molar-refractivity contribution is -0.122. The highest BCUT2D eigenvalue weighted by Gasteiger charge is 2.34. The van der Waals surface area contributed by atoms with Gasteiger partial charge >= 0.3 is 0 Å². The molecule has 25 heavy (non-hydrogen) atoms. The largest absolute Gasteiger partial charge is 0.393 e. The van der Waals surface area contributed by atoms with Crippen LogP contribution in [0.2, 0.25) is 0 Å². The van der Waals surface area contributed by atoms with Crippen LogP contribution in [0.1, 0.15) is 35.1 Å². The zero-order valence-electron chi connectivity index (χ0n) is 14.9. The van der Waals surface area contributed by atoms with Crippen molar-refractivity contribution in [1.29, 1.82) is 0 Å². The van der Waals surface area contributed by atoms with Crippen LogP contribution < -0.4 is 5.32 Å². The first-order chi connectivity index (χ1) is 12.0. The average molecular weight is 338 g/mol. The Kier molecular flexibility index (Phi) is 5.49. The molecule has 0 saturated heterocycles. The van der Waals surface area contributed by atoms with Gasteiger partial charge in [-0.1, -0.05) is 18.2 Å². The number of nitrogens with zero attached hydrogens (tertiary/aromatic N) is 1. The number of benzene rings is 1. The van der Waals surface area contributed by atoms with Gasteiger partial charge in [-0.2, -0.15) is 0 Å². The van der Waals surface area contributed by atoms with E-state index in [9.17, 15) is 9.90 Å². The van der Waals surface area contributed by atoms with Crippen molar-refractivity contribution in [3.05, 3.63) is 65.0 Å². The standard InChI is InChI=1S/C21H26N2O2/c1-14-3-4-17(9-15(14)2)11-21(25)23-20(18-12-19(24)13-18)10-16-5-7-22-8-6-16/h3-9,18-20,24H,10-13H2,1-2H3,(H,23,25)/t18?,19?,20-/m0/s1. The van der Waals surface area contributed by atoms with Gasteiger partial charge in [0.1, 0.15) is 0 Å². The Hall–Kier alpha value is -2.20. The molecular weight excluding hydrogens is 312 g/mol. The second-order valence-electron chi connectivity index (χ2n) is 7.21. The van der Waals surface area contributed by atoms with E-state index in [1.54, 1.807) is 12.4 Å². The summed E-state index contributed by atoms with van der Waals surface area (Å²) in [6.07, 6.45) is 6.03. The molecule has 1 fully saturated rings. The molecule has 1 amide bonds. The Balaban J connectivity index is 1.64. The number of nitrogens with one attached hydrogen (secondary N) is 1. The molecular formula is C21H26N2O2. The molecule has 1 saturated carbocycles. The van der Waals surface area contributed by atoms with E-state index in [4.69, 9.17) is 0 Å². The molecule has 1 aromatic heterocycles. The first-order valence-corrected chi connectivity index (χ1v) is 8.93. The highest BCUT2D eigenvalue weighted by Crippen LogP contribution is 2.31. The van der Waals surface area contributed by atoms with Gasteiger partial charge in [0.25, 0.3) is 0 Å². The Morgan fingerprint density at radius 2 is 1.88 bits per heavy atom. The van der Waals surface area contributed by atoms with Gasteiger partial charge in [-0.25, -0.2) is 0 Å². The van der Waals surface area contributed by atoms with E-state index in [0.717, 1.165) is 30.4 Å². The van der Waals surface area contributed by atoms with Crippen molar-refractivity contribution in [2.75, 3.05) is 0 Å². The minimum Gasteiger partial charge on any atom is -0.393 e. The molecule has 1 aliphatic carbocycles. The third-order valence-corrected chi connectivity index (χ3v) is 5.21. The van der Waals surface area contributed by atoms with Crippen LogP contribution in [0.15, 0.2) is 42.7 Å². The SMILES string of the molecule is Cc1ccc(CC(=O)N[C@@H](Cc2ccncc2)C2CC(O)C2)cc1C. The van der Waals surface area contributed by atoms with Crippen molar-refractivity contribution in [2.45, 2.75) is 51.7 Å². The van der Waals surface area contributed by atoms with Crippen molar-refractivity contribution in [3.63, 3.8) is 0 Å². The maximum absolute atomic E-state index is 12.5. The number of hydrogen-bond acceptors (Lipinski definition) is 3. The lowest BCUT2D eigenvalue weighted by Crippen LogP contribution is -2.48. The third-order valence-electron chi connectivity index (χ3n) is 5.21. The van der Waals surface area contributed by atoms with Crippen molar-refractivity contribution >= 4 is 5.91 Å². The summed E-state index contributed by atoms with van der Waals surface area (Å²) in [5.74, 6) is 0.385. The first kappa shape index (κ1) is 17.6. The summed E-state index contributed by atoms with van der Waals surface area (Å²) in [7, 11) is 0. The molecule has 1 heterocycles. The summed E-state index contributed by atoms with van der Waals surface area (Å²) >= 11 is 0. The van der Waals surface area contributed by atoms with Crippen LogP contribution in [-0.2, 0) is 17.6 Å². The summed E-state index contributed by atoms with van der Waals surface area (Å²) in [6, 6.07) is 10.2. The summed E-state index contributed by atoms with van der Waals surface area (Å²) in [5, 5.41) is 12.8. The highest BCUT2D eigenvalue weighted by atomic mass is 16.3. The van der Waals surface area contributed by atoms with E-state index in [0.29, 0.717) is 12.3 Å². The Labute approximate surface area is 149 Å². The Morgan fingerprint density at radius 1 is 1.16 bits per heavy atom. The van der Waals surface area contributed by atoms with Crippen LogP contribution in [0, 0.1) is 19.8 Å². The van der Waals surface area contributed by atoms with Gasteiger partial charge in [-0.15, -0.1) is 0 Å². The van der Waals surface area contributed by atoms with Crippen molar-refractivity contribution in [1.82, 2.24) is 10.3 Å². The zero-order chi connectivity index (χ0) is 17.8. The van der Waals surface area contributed by atoms with Crippen LogP contribution in [0.25, 0.3) is 0 Å². The lowest BCUT2D eigenvalue weighted by Gasteiger charge is -2.38. The van der Waals surface area contributed by atoms with Crippen LogP contribution in [0.3, 0.4) is 0 Å². The van der Waals surface area contributed by atoms with Gasteiger partial charge in [0.15, 0.2) is 0 Å². The van der Waals surface area contributed by atoms with Gasteiger partial charge in [0.2, 0.25) is 5.91 Å². The van der Waals surface area contributed by atoms with Gasteiger partial charge in [0.05, 0.1) is 12.5 Å².